The van der Waals surface area contributed by atoms with Crippen LogP contribution in [0.3, 0.4) is 0 Å². The third-order valence-corrected chi connectivity index (χ3v) is 1.86. The summed E-state index contributed by atoms with van der Waals surface area (Å²) in [5.41, 5.74) is 0.736. The van der Waals surface area contributed by atoms with E-state index in [-0.39, 0.29) is 0 Å². The lowest BCUT2D eigenvalue weighted by Crippen LogP contribution is -1.98. The standard InChI is InChI=1S/C11H15NO3/c1-5-15-8(2)9-6-7-10(13-3)12-11(9)14-4/h6-7H,2,5H2,1,3-4H3. The SMILES string of the molecule is C=C(OCC)c1ccc(OC)nc1OC. The number of hydrogen-bond donors (Lipinski definition) is 0. The molecule has 82 valence electrons. The summed E-state index contributed by atoms with van der Waals surface area (Å²) in [5.74, 6) is 1.50. The number of methoxy groups -OCH3 is 2. The van der Waals surface area contributed by atoms with Crippen molar-refractivity contribution in [1.82, 2.24) is 4.98 Å². The lowest BCUT2D eigenvalue weighted by molar-refractivity contribution is 0.295. The van der Waals surface area contributed by atoms with Crippen LogP contribution in [-0.2, 0) is 4.74 Å². The van der Waals surface area contributed by atoms with Crippen molar-refractivity contribution < 1.29 is 14.2 Å². The van der Waals surface area contributed by atoms with Crippen molar-refractivity contribution >= 4 is 5.76 Å². The molecule has 0 aliphatic carbocycles. The molecule has 0 spiro atoms. The zero-order valence-corrected chi connectivity index (χ0v) is 9.24. The third-order valence-electron chi connectivity index (χ3n) is 1.86. The molecule has 4 nitrogen and oxygen atoms in total. The molecule has 0 N–H and O–H groups in total. The molecule has 1 heterocycles. The largest absolute Gasteiger partial charge is 0.494 e. The van der Waals surface area contributed by atoms with Crippen molar-refractivity contribution in [2.45, 2.75) is 6.92 Å². The van der Waals surface area contributed by atoms with Crippen molar-refractivity contribution in [3.8, 4) is 11.8 Å². The molecule has 0 unspecified atom stereocenters. The molecule has 0 aliphatic heterocycles. The summed E-state index contributed by atoms with van der Waals surface area (Å²) in [4.78, 5) is 4.13. The van der Waals surface area contributed by atoms with E-state index in [4.69, 9.17) is 14.2 Å². The first-order chi connectivity index (χ1) is 7.22. The van der Waals surface area contributed by atoms with Gasteiger partial charge in [0.25, 0.3) is 0 Å². The van der Waals surface area contributed by atoms with Crippen LogP contribution in [0, 0.1) is 0 Å². The Balaban J connectivity index is 3.02. The molecule has 1 rings (SSSR count). The Hall–Kier alpha value is -1.71. The van der Waals surface area contributed by atoms with Crippen LogP contribution in [0.1, 0.15) is 12.5 Å². The maximum absolute atomic E-state index is 5.29. The van der Waals surface area contributed by atoms with Crippen LogP contribution in [0.5, 0.6) is 11.8 Å². The van der Waals surface area contributed by atoms with Gasteiger partial charge in [-0.05, 0) is 13.0 Å². The average molecular weight is 209 g/mol. The predicted molar refractivity (Wildman–Crippen MR) is 58.0 cm³/mol. The molecule has 4 heteroatoms. The molecule has 1 aromatic heterocycles. The molecule has 0 radical (unpaired) electrons. The number of rotatable bonds is 5. The molecule has 0 bridgehead atoms. The van der Waals surface area contributed by atoms with Crippen LogP contribution in [0.15, 0.2) is 18.7 Å². The van der Waals surface area contributed by atoms with Crippen molar-refractivity contribution in [3.05, 3.63) is 24.3 Å². The van der Waals surface area contributed by atoms with Gasteiger partial charge < -0.3 is 14.2 Å². The molecule has 0 fully saturated rings. The molecule has 0 saturated heterocycles. The van der Waals surface area contributed by atoms with E-state index in [9.17, 15) is 0 Å². The van der Waals surface area contributed by atoms with Crippen LogP contribution in [-0.4, -0.2) is 25.8 Å². The zero-order chi connectivity index (χ0) is 11.3. The Kier molecular flexibility index (Phi) is 3.97. The van der Waals surface area contributed by atoms with Crippen molar-refractivity contribution in [1.29, 1.82) is 0 Å². The minimum atomic E-state index is 0.452. The molecule has 0 saturated carbocycles. The van der Waals surface area contributed by atoms with Crippen LogP contribution < -0.4 is 9.47 Å². The van der Waals surface area contributed by atoms with Gasteiger partial charge in [-0.15, -0.1) is 0 Å². The van der Waals surface area contributed by atoms with Gasteiger partial charge in [-0.3, -0.25) is 0 Å². The second-order valence-corrected chi connectivity index (χ2v) is 2.77. The van der Waals surface area contributed by atoms with E-state index in [1.807, 2.05) is 13.0 Å². The van der Waals surface area contributed by atoms with Gasteiger partial charge in [0.2, 0.25) is 11.8 Å². The van der Waals surface area contributed by atoms with Gasteiger partial charge in [0.1, 0.15) is 5.76 Å². The summed E-state index contributed by atoms with van der Waals surface area (Å²) in [6.07, 6.45) is 0. The topological polar surface area (TPSA) is 40.6 Å². The van der Waals surface area contributed by atoms with E-state index in [2.05, 4.69) is 11.6 Å². The third kappa shape index (κ3) is 2.62. The lowest BCUT2D eigenvalue weighted by atomic mass is 10.2. The fourth-order valence-corrected chi connectivity index (χ4v) is 1.16. The fraction of sp³-hybridized carbons (Fsp3) is 0.364. The summed E-state index contributed by atoms with van der Waals surface area (Å²) in [6, 6.07) is 3.55. The normalized spacial score (nSPS) is 9.53. The van der Waals surface area contributed by atoms with Gasteiger partial charge in [0.15, 0.2) is 0 Å². The Bertz CT molecular complexity index is 350. The van der Waals surface area contributed by atoms with Crippen molar-refractivity contribution in [2.24, 2.45) is 0 Å². The number of ether oxygens (including phenoxy) is 3. The summed E-state index contributed by atoms with van der Waals surface area (Å²) >= 11 is 0. The van der Waals surface area contributed by atoms with Crippen LogP contribution in [0.4, 0.5) is 0 Å². The van der Waals surface area contributed by atoms with Gasteiger partial charge >= 0.3 is 0 Å². The predicted octanol–water partition coefficient (Wildman–Crippen LogP) is 2.11. The first-order valence-electron chi connectivity index (χ1n) is 4.64. The summed E-state index contributed by atoms with van der Waals surface area (Å²) < 4.78 is 15.4. The van der Waals surface area contributed by atoms with Gasteiger partial charge in [-0.2, -0.15) is 4.98 Å². The molecular weight excluding hydrogens is 194 g/mol. The molecule has 0 atom stereocenters. The van der Waals surface area contributed by atoms with Gasteiger partial charge in [0, 0.05) is 6.07 Å². The maximum Gasteiger partial charge on any atom is 0.227 e. The van der Waals surface area contributed by atoms with Gasteiger partial charge in [0.05, 0.1) is 26.4 Å². The highest BCUT2D eigenvalue weighted by molar-refractivity contribution is 5.62. The summed E-state index contributed by atoms with van der Waals surface area (Å²) in [5, 5.41) is 0. The number of aromatic nitrogens is 1. The minimum Gasteiger partial charge on any atom is -0.494 e. The quantitative estimate of drug-likeness (QED) is 0.696. The van der Waals surface area contributed by atoms with E-state index < -0.39 is 0 Å². The molecule has 1 aromatic rings. The van der Waals surface area contributed by atoms with Gasteiger partial charge in [-0.25, -0.2) is 0 Å². The maximum atomic E-state index is 5.29. The fourth-order valence-electron chi connectivity index (χ4n) is 1.16. The summed E-state index contributed by atoms with van der Waals surface area (Å²) in [7, 11) is 3.10. The first kappa shape index (κ1) is 11.4. The van der Waals surface area contributed by atoms with Crippen molar-refractivity contribution in [3.63, 3.8) is 0 Å². The number of pyridine rings is 1. The van der Waals surface area contributed by atoms with Gasteiger partial charge in [-0.1, -0.05) is 6.58 Å². The lowest BCUT2D eigenvalue weighted by Gasteiger charge is -2.11. The average Bonchev–Trinajstić information content (AvgIpc) is 2.28. The Morgan fingerprint density at radius 1 is 1.33 bits per heavy atom. The highest BCUT2D eigenvalue weighted by Gasteiger charge is 2.10. The first-order valence-corrected chi connectivity index (χ1v) is 4.64. The van der Waals surface area contributed by atoms with E-state index in [0.717, 1.165) is 5.56 Å². The highest BCUT2D eigenvalue weighted by atomic mass is 16.5. The number of hydrogen-bond acceptors (Lipinski definition) is 4. The van der Waals surface area contributed by atoms with Crippen LogP contribution in [0.25, 0.3) is 5.76 Å². The Morgan fingerprint density at radius 2 is 2.07 bits per heavy atom. The van der Waals surface area contributed by atoms with Crippen LogP contribution >= 0.6 is 0 Å². The Morgan fingerprint density at radius 3 is 2.60 bits per heavy atom. The molecule has 0 aliphatic rings. The number of nitrogens with zero attached hydrogens (tertiary/aromatic N) is 1. The molecule has 15 heavy (non-hydrogen) atoms. The molecule has 0 aromatic carbocycles. The monoisotopic (exact) mass is 209 g/mol. The van der Waals surface area contributed by atoms with Crippen LogP contribution in [0.2, 0.25) is 0 Å². The van der Waals surface area contributed by atoms with E-state index in [0.29, 0.717) is 24.1 Å². The molecular formula is C11H15NO3. The van der Waals surface area contributed by atoms with E-state index in [1.54, 1.807) is 20.3 Å². The second-order valence-electron chi connectivity index (χ2n) is 2.77. The molecule has 0 amide bonds. The van der Waals surface area contributed by atoms with E-state index in [1.165, 1.54) is 0 Å². The smallest absolute Gasteiger partial charge is 0.227 e. The van der Waals surface area contributed by atoms with Crippen molar-refractivity contribution in [2.75, 3.05) is 20.8 Å². The van der Waals surface area contributed by atoms with E-state index >= 15 is 0 Å². The second kappa shape index (κ2) is 5.24. The summed E-state index contributed by atoms with van der Waals surface area (Å²) in [6.45, 7) is 6.26. The Labute approximate surface area is 89.5 Å². The minimum absolute atomic E-state index is 0.452. The zero-order valence-electron chi connectivity index (χ0n) is 9.24. The highest BCUT2D eigenvalue weighted by Crippen LogP contribution is 2.26.